The average Bonchev–Trinajstić information content (AvgIpc) is 2.01. The summed E-state index contributed by atoms with van der Waals surface area (Å²) in [6.45, 7) is 4.94. The zero-order valence-corrected chi connectivity index (χ0v) is 8.40. The molecule has 0 aliphatic heterocycles. The molecule has 0 aromatic carbocycles. The van der Waals surface area contributed by atoms with E-state index in [1.54, 1.807) is 20.8 Å². The number of carbonyl (C=O) groups is 2. The Labute approximate surface area is 82.0 Å². The molecule has 0 aromatic heterocycles. The fourth-order valence-corrected chi connectivity index (χ4v) is 1.01. The number of carboxylic acids is 2. The molecule has 0 atom stereocenters. The minimum atomic E-state index is -1.35. The Morgan fingerprint density at radius 3 is 1.93 bits per heavy atom. The summed E-state index contributed by atoms with van der Waals surface area (Å²) >= 11 is 0. The Kier molecular flexibility index (Phi) is 4.69. The van der Waals surface area contributed by atoms with Crippen molar-refractivity contribution in [2.24, 2.45) is 5.92 Å². The molecule has 5 nitrogen and oxygen atoms in total. The maximum atomic E-state index is 10.8. The summed E-state index contributed by atoms with van der Waals surface area (Å²) in [7, 11) is 0. The first-order chi connectivity index (χ1) is 6.41. The van der Waals surface area contributed by atoms with Crippen LogP contribution in [-0.4, -0.2) is 28.8 Å². The molecular formula is C9H14O5. The quantitative estimate of drug-likeness (QED) is 0.515. The third-order valence-electron chi connectivity index (χ3n) is 1.54. The van der Waals surface area contributed by atoms with Crippen LogP contribution in [0.4, 0.5) is 0 Å². The number of rotatable bonds is 5. The minimum Gasteiger partial charge on any atom is -0.486 e. The van der Waals surface area contributed by atoms with E-state index < -0.39 is 23.6 Å². The molecule has 0 fully saturated rings. The van der Waals surface area contributed by atoms with Crippen LogP contribution in [0.3, 0.4) is 0 Å². The van der Waals surface area contributed by atoms with Crippen LogP contribution in [0.25, 0.3) is 0 Å². The molecule has 0 aromatic rings. The predicted molar refractivity (Wildman–Crippen MR) is 48.8 cm³/mol. The number of hydrogen-bond donors (Lipinski definition) is 2. The van der Waals surface area contributed by atoms with Crippen LogP contribution >= 0.6 is 0 Å². The van der Waals surface area contributed by atoms with Gasteiger partial charge in [-0.2, -0.15) is 0 Å². The Bertz CT molecular complexity index is 264. The average molecular weight is 202 g/mol. The van der Waals surface area contributed by atoms with E-state index in [4.69, 9.17) is 14.9 Å². The fourth-order valence-electron chi connectivity index (χ4n) is 1.01. The summed E-state index contributed by atoms with van der Waals surface area (Å²) in [5, 5.41) is 17.5. The van der Waals surface area contributed by atoms with Crippen LogP contribution in [0, 0.1) is 5.92 Å². The SMILES string of the molecule is CCO/C(C(=O)O)=C(/C(=O)O)C(C)C. The van der Waals surface area contributed by atoms with Gasteiger partial charge in [-0.3, -0.25) is 0 Å². The molecule has 80 valence electrons. The lowest BCUT2D eigenvalue weighted by Crippen LogP contribution is -2.17. The zero-order valence-electron chi connectivity index (χ0n) is 8.40. The number of carboxylic acid groups (broad SMARTS) is 2. The van der Waals surface area contributed by atoms with Crippen molar-refractivity contribution in [3.05, 3.63) is 11.3 Å². The van der Waals surface area contributed by atoms with E-state index in [2.05, 4.69) is 0 Å². The second kappa shape index (κ2) is 5.26. The van der Waals surface area contributed by atoms with Gasteiger partial charge in [0.25, 0.3) is 0 Å². The monoisotopic (exact) mass is 202 g/mol. The van der Waals surface area contributed by atoms with Gasteiger partial charge in [0.2, 0.25) is 5.76 Å². The van der Waals surface area contributed by atoms with Gasteiger partial charge in [0.05, 0.1) is 12.2 Å². The Morgan fingerprint density at radius 2 is 1.71 bits per heavy atom. The van der Waals surface area contributed by atoms with Crippen LogP contribution in [0.5, 0.6) is 0 Å². The van der Waals surface area contributed by atoms with Crippen molar-refractivity contribution in [1.82, 2.24) is 0 Å². The summed E-state index contributed by atoms with van der Waals surface area (Å²) in [6.07, 6.45) is 0. The normalized spacial score (nSPS) is 12.3. The Balaban J connectivity index is 5.26. The van der Waals surface area contributed by atoms with Gasteiger partial charge in [0, 0.05) is 0 Å². The molecule has 0 amide bonds. The first-order valence-corrected chi connectivity index (χ1v) is 4.25. The van der Waals surface area contributed by atoms with Gasteiger partial charge in [0.1, 0.15) is 0 Å². The highest BCUT2D eigenvalue weighted by molar-refractivity contribution is 5.97. The standard InChI is InChI=1S/C9H14O5/c1-4-14-7(9(12)13)6(5(2)3)8(10)11/h5H,4H2,1-3H3,(H,10,11)(H,12,13)/b7-6+. The molecule has 5 heteroatoms. The van der Waals surface area contributed by atoms with Crippen LogP contribution in [-0.2, 0) is 14.3 Å². The summed E-state index contributed by atoms with van der Waals surface area (Å²) in [6, 6.07) is 0. The molecule has 0 radical (unpaired) electrons. The van der Waals surface area contributed by atoms with Gasteiger partial charge >= 0.3 is 11.9 Å². The van der Waals surface area contributed by atoms with Gasteiger partial charge in [-0.15, -0.1) is 0 Å². The molecular weight excluding hydrogens is 188 g/mol. The Morgan fingerprint density at radius 1 is 1.21 bits per heavy atom. The molecule has 2 N–H and O–H groups in total. The second-order valence-electron chi connectivity index (χ2n) is 2.94. The molecule has 14 heavy (non-hydrogen) atoms. The van der Waals surface area contributed by atoms with E-state index in [1.165, 1.54) is 0 Å². The lowest BCUT2D eigenvalue weighted by molar-refractivity contribution is -0.139. The van der Waals surface area contributed by atoms with Crippen molar-refractivity contribution in [2.75, 3.05) is 6.61 Å². The van der Waals surface area contributed by atoms with E-state index in [1.807, 2.05) is 0 Å². The zero-order chi connectivity index (χ0) is 11.3. The Hall–Kier alpha value is -1.52. The smallest absolute Gasteiger partial charge is 0.371 e. The van der Waals surface area contributed by atoms with E-state index in [0.29, 0.717) is 0 Å². The van der Waals surface area contributed by atoms with E-state index in [0.717, 1.165) is 0 Å². The van der Waals surface area contributed by atoms with Crippen LogP contribution < -0.4 is 0 Å². The molecule has 0 spiro atoms. The number of ether oxygens (including phenoxy) is 1. The maximum Gasteiger partial charge on any atom is 0.371 e. The van der Waals surface area contributed by atoms with Gasteiger partial charge < -0.3 is 14.9 Å². The molecule has 0 saturated carbocycles. The van der Waals surface area contributed by atoms with Crippen molar-refractivity contribution >= 4 is 11.9 Å². The highest BCUT2D eigenvalue weighted by Crippen LogP contribution is 2.16. The molecule has 0 aliphatic rings. The molecule has 0 bridgehead atoms. The van der Waals surface area contributed by atoms with E-state index in [9.17, 15) is 9.59 Å². The lowest BCUT2D eigenvalue weighted by atomic mass is 10.0. The first-order valence-electron chi connectivity index (χ1n) is 4.25. The van der Waals surface area contributed by atoms with Crippen LogP contribution in [0.15, 0.2) is 11.3 Å². The van der Waals surface area contributed by atoms with Gasteiger partial charge in [0.15, 0.2) is 0 Å². The van der Waals surface area contributed by atoms with Crippen molar-refractivity contribution in [3.63, 3.8) is 0 Å². The summed E-state index contributed by atoms with van der Waals surface area (Å²) in [5.74, 6) is -3.48. The van der Waals surface area contributed by atoms with Crippen LogP contribution in [0.1, 0.15) is 20.8 Å². The number of hydrogen-bond acceptors (Lipinski definition) is 3. The molecule has 0 aliphatic carbocycles. The number of aliphatic carboxylic acids is 2. The molecule has 0 rings (SSSR count). The predicted octanol–water partition coefficient (Wildman–Crippen LogP) is 1.10. The fraction of sp³-hybridized carbons (Fsp3) is 0.556. The highest BCUT2D eigenvalue weighted by Gasteiger charge is 2.24. The van der Waals surface area contributed by atoms with Crippen LogP contribution in [0.2, 0.25) is 0 Å². The lowest BCUT2D eigenvalue weighted by Gasteiger charge is -2.11. The van der Waals surface area contributed by atoms with Crippen molar-refractivity contribution < 1.29 is 24.5 Å². The van der Waals surface area contributed by atoms with E-state index in [-0.39, 0.29) is 12.2 Å². The topological polar surface area (TPSA) is 83.8 Å². The van der Waals surface area contributed by atoms with Gasteiger partial charge in [-0.25, -0.2) is 9.59 Å². The summed E-state index contributed by atoms with van der Waals surface area (Å²) in [4.78, 5) is 21.5. The third-order valence-corrected chi connectivity index (χ3v) is 1.54. The van der Waals surface area contributed by atoms with Gasteiger partial charge in [-0.1, -0.05) is 13.8 Å². The van der Waals surface area contributed by atoms with Crippen molar-refractivity contribution in [1.29, 1.82) is 0 Å². The minimum absolute atomic E-state index is 0.130. The largest absolute Gasteiger partial charge is 0.486 e. The second-order valence-corrected chi connectivity index (χ2v) is 2.94. The van der Waals surface area contributed by atoms with Crippen molar-refractivity contribution in [3.8, 4) is 0 Å². The maximum absolute atomic E-state index is 10.8. The highest BCUT2D eigenvalue weighted by atomic mass is 16.5. The van der Waals surface area contributed by atoms with Crippen molar-refractivity contribution in [2.45, 2.75) is 20.8 Å². The molecule has 0 heterocycles. The summed E-state index contributed by atoms with van der Waals surface area (Å²) < 4.78 is 4.79. The summed E-state index contributed by atoms with van der Waals surface area (Å²) in [5.41, 5.74) is -0.209. The third kappa shape index (κ3) is 3.08. The molecule has 0 saturated heterocycles. The van der Waals surface area contributed by atoms with E-state index >= 15 is 0 Å². The first kappa shape index (κ1) is 12.5. The van der Waals surface area contributed by atoms with Gasteiger partial charge in [-0.05, 0) is 12.8 Å². The molecule has 0 unspecified atom stereocenters.